The van der Waals surface area contributed by atoms with Crippen LogP contribution >= 0.6 is 0 Å². The maximum Gasteiger partial charge on any atom is 0.0650 e. The van der Waals surface area contributed by atoms with E-state index in [2.05, 4.69) is 18.0 Å². The molecule has 2 aliphatic carbocycles. The molecule has 0 saturated heterocycles. The first-order chi connectivity index (χ1) is 7.78. The van der Waals surface area contributed by atoms with E-state index in [1.807, 2.05) is 12.3 Å². The van der Waals surface area contributed by atoms with Gasteiger partial charge in [-0.3, -0.25) is 4.98 Å². The summed E-state index contributed by atoms with van der Waals surface area (Å²) in [6.07, 6.45) is 8.26. The van der Waals surface area contributed by atoms with Gasteiger partial charge in [-0.05, 0) is 42.7 Å². The number of fused-ring (bicyclic) bond motifs is 1. The van der Waals surface area contributed by atoms with Gasteiger partial charge in [0.05, 0.1) is 11.2 Å². The summed E-state index contributed by atoms with van der Waals surface area (Å²) >= 11 is 0. The molecule has 2 N–H and O–H groups in total. The van der Waals surface area contributed by atoms with Crippen molar-refractivity contribution >= 4 is 0 Å². The second kappa shape index (κ2) is 3.56. The Labute approximate surface area is 97.3 Å². The van der Waals surface area contributed by atoms with Gasteiger partial charge in [-0.15, -0.1) is 0 Å². The zero-order valence-electron chi connectivity index (χ0n) is 9.95. The highest BCUT2D eigenvalue weighted by molar-refractivity contribution is 5.36. The predicted octanol–water partition coefficient (Wildman–Crippen LogP) is 2.62. The summed E-state index contributed by atoms with van der Waals surface area (Å²) in [6.45, 7) is 2.19. The van der Waals surface area contributed by atoms with Gasteiger partial charge in [-0.1, -0.05) is 25.8 Å². The van der Waals surface area contributed by atoms with Crippen molar-refractivity contribution in [2.75, 3.05) is 0 Å². The normalized spacial score (nSPS) is 36.9. The van der Waals surface area contributed by atoms with E-state index in [1.165, 1.54) is 36.9 Å². The molecule has 2 atom stereocenters. The molecule has 0 aliphatic heterocycles. The SMILES string of the molecule is CCc1cccnc1C1(N)C2CCCCC21. The van der Waals surface area contributed by atoms with Crippen molar-refractivity contribution in [3.8, 4) is 0 Å². The monoisotopic (exact) mass is 216 g/mol. The number of aromatic nitrogens is 1. The lowest BCUT2D eigenvalue weighted by Gasteiger charge is -2.15. The minimum atomic E-state index is -0.0803. The van der Waals surface area contributed by atoms with E-state index < -0.39 is 0 Å². The van der Waals surface area contributed by atoms with Crippen molar-refractivity contribution in [3.63, 3.8) is 0 Å². The molecule has 86 valence electrons. The van der Waals surface area contributed by atoms with E-state index in [1.54, 1.807) is 0 Å². The molecule has 16 heavy (non-hydrogen) atoms. The van der Waals surface area contributed by atoms with Crippen LogP contribution in [0.2, 0.25) is 0 Å². The number of nitrogens with zero attached hydrogens (tertiary/aromatic N) is 1. The molecule has 2 fully saturated rings. The molecule has 2 aliphatic rings. The molecule has 1 aromatic heterocycles. The molecule has 2 saturated carbocycles. The van der Waals surface area contributed by atoms with E-state index in [4.69, 9.17) is 5.73 Å². The molecule has 0 aromatic carbocycles. The average molecular weight is 216 g/mol. The summed E-state index contributed by atoms with van der Waals surface area (Å²) in [5, 5.41) is 0. The van der Waals surface area contributed by atoms with Crippen LogP contribution in [0.3, 0.4) is 0 Å². The molecule has 1 heterocycles. The van der Waals surface area contributed by atoms with Crippen LogP contribution in [0.1, 0.15) is 43.9 Å². The van der Waals surface area contributed by atoms with Crippen molar-refractivity contribution in [3.05, 3.63) is 29.6 Å². The van der Waals surface area contributed by atoms with Gasteiger partial charge >= 0.3 is 0 Å². The second-order valence-corrected chi connectivity index (χ2v) is 5.30. The average Bonchev–Trinajstić information content (AvgIpc) is 2.97. The summed E-state index contributed by atoms with van der Waals surface area (Å²) < 4.78 is 0. The first-order valence-electron chi connectivity index (χ1n) is 6.51. The maximum atomic E-state index is 6.63. The molecule has 1 aromatic rings. The largest absolute Gasteiger partial charge is 0.320 e. The Bertz CT molecular complexity index is 387. The lowest BCUT2D eigenvalue weighted by molar-refractivity contribution is 0.480. The van der Waals surface area contributed by atoms with Gasteiger partial charge in [-0.2, -0.15) is 0 Å². The Morgan fingerprint density at radius 2 is 2.06 bits per heavy atom. The van der Waals surface area contributed by atoms with Gasteiger partial charge < -0.3 is 5.73 Å². The highest BCUT2D eigenvalue weighted by Gasteiger charge is 2.64. The van der Waals surface area contributed by atoms with Crippen LogP contribution in [0.5, 0.6) is 0 Å². The fourth-order valence-corrected chi connectivity index (χ4v) is 3.64. The smallest absolute Gasteiger partial charge is 0.0650 e. The Hall–Kier alpha value is -0.890. The van der Waals surface area contributed by atoms with Crippen molar-refractivity contribution in [1.82, 2.24) is 4.98 Å². The van der Waals surface area contributed by atoms with Crippen LogP contribution in [0.25, 0.3) is 0 Å². The van der Waals surface area contributed by atoms with E-state index in [-0.39, 0.29) is 5.54 Å². The summed E-state index contributed by atoms with van der Waals surface area (Å²) in [7, 11) is 0. The quantitative estimate of drug-likeness (QED) is 0.825. The Morgan fingerprint density at radius 1 is 1.38 bits per heavy atom. The van der Waals surface area contributed by atoms with Crippen LogP contribution in [0, 0.1) is 11.8 Å². The zero-order valence-corrected chi connectivity index (χ0v) is 9.95. The van der Waals surface area contributed by atoms with Crippen LogP contribution in [0.15, 0.2) is 18.3 Å². The highest BCUT2D eigenvalue weighted by Crippen LogP contribution is 2.62. The summed E-state index contributed by atoms with van der Waals surface area (Å²) in [6, 6.07) is 4.21. The van der Waals surface area contributed by atoms with Crippen molar-refractivity contribution in [2.24, 2.45) is 17.6 Å². The number of rotatable bonds is 2. The third-order valence-corrected chi connectivity index (χ3v) is 4.57. The molecule has 2 unspecified atom stereocenters. The molecular weight excluding hydrogens is 196 g/mol. The van der Waals surface area contributed by atoms with Gasteiger partial charge in [0.25, 0.3) is 0 Å². The van der Waals surface area contributed by atoms with E-state index in [0.717, 1.165) is 6.42 Å². The van der Waals surface area contributed by atoms with Crippen molar-refractivity contribution in [2.45, 2.75) is 44.6 Å². The zero-order chi connectivity index (χ0) is 11.2. The van der Waals surface area contributed by atoms with Crippen molar-refractivity contribution in [1.29, 1.82) is 0 Å². The number of pyridine rings is 1. The van der Waals surface area contributed by atoms with E-state index in [0.29, 0.717) is 11.8 Å². The van der Waals surface area contributed by atoms with Crippen molar-refractivity contribution < 1.29 is 0 Å². The Morgan fingerprint density at radius 3 is 2.69 bits per heavy atom. The topological polar surface area (TPSA) is 38.9 Å². The van der Waals surface area contributed by atoms with E-state index >= 15 is 0 Å². The lowest BCUT2D eigenvalue weighted by Crippen LogP contribution is -2.26. The van der Waals surface area contributed by atoms with Gasteiger partial charge in [0.1, 0.15) is 0 Å². The van der Waals surface area contributed by atoms with Crippen LogP contribution in [-0.2, 0) is 12.0 Å². The van der Waals surface area contributed by atoms with Crippen LogP contribution in [-0.4, -0.2) is 4.98 Å². The molecule has 2 nitrogen and oxygen atoms in total. The Kier molecular flexibility index (Phi) is 2.28. The fraction of sp³-hybridized carbons (Fsp3) is 0.643. The lowest BCUT2D eigenvalue weighted by atomic mass is 10.0. The number of hydrogen-bond acceptors (Lipinski definition) is 2. The summed E-state index contributed by atoms with van der Waals surface area (Å²) in [5.74, 6) is 1.42. The molecular formula is C14H20N2. The number of hydrogen-bond donors (Lipinski definition) is 1. The minimum absolute atomic E-state index is 0.0803. The standard InChI is InChI=1S/C14H20N2/c1-2-10-6-5-9-16-13(10)14(15)11-7-3-4-8-12(11)14/h5-6,9,11-12H,2-4,7-8,15H2,1H3. The third-order valence-electron chi connectivity index (χ3n) is 4.57. The highest BCUT2D eigenvalue weighted by atomic mass is 15.0. The summed E-state index contributed by atoms with van der Waals surface area (Å²) in [5.41, 5.74) is 9.09. The third kappa shape index (κ3) is 1.26. The fourth-order valence-electron chi connectivity index (χ4n) is 3.64. The Balaban J connectivity index is 1.98. The molecule has 3 rings (SSSR count). The molecule has 0 spiro atoms. The van der Waals surface area contributed by atoms with Gasteiger partial charge in [-0.25, -0.2) is 0 Å². The number of aryl methyl sites for hydroxylation is 1. The molecule has 2 heteroatoms. The molecule has 0 amide bonds. The second-order valence-electron chi connectivity index (χ2n) is 5.30. The first kappa shape index (κ1) is 10.3. The number of nitrogens with two attached hydrogens (primary N) is 1. The van der Waals surface area contributed by atoms with E-state index in [9.17, 15) is 0 Å². The van der Waals surface area contributed by atoms with Gasteiger partial charge in [0.15, 0.2) is 0 Å². The first-order valence-corrected chi connectivity index (χ1v) is 6.51. The predicted molar refractivity (Wildman–Crippen MR) is 64.9 cm³/mol. The minimum Gasteiger partial charge on any atom is -0.320 e. The van der Waals surface area contributed by atoms with Gasteiger partial charge in [0.2, 0.25) is 0 Å². The molecule has 0 radical (unpaired) electrons. The maximum absolute atomic E-state index is 6.63. The van der Waals surface area contributed by atoms with Crippen LogP contribution in [0.4, 0.5) is 0 Å². The summed E-state index contributed by atoms with van der Waals surface area (Å²) in [4.78, 5) is 4.58. The molecule has 0 bridgehead atoms. The van der Waals surface area contributed by atoms with Crippen LogP contribution < -0.4 is 5.73 Å². The van der Waals surface area contributed by atoms with Gasteiger partial charge in [0, 0.05) is 6.20 Å².